The van der Waals surface area contributed by atoms with Gasteiger partial charge in [0.15, 0.2) is 5.82 Å². The number of anilines is 1. The van der Waals surface area contributed by atoms with E-state index in [0.29, 0.717) is 0 Å². The summed E-state index contributed by atoms with van der Waals surface area (Å²) in [5.41, 5.74) is 0.990. The molecule has 0 aliphatic carbocycles. The molecular formula is C11H13N3S. The molecule has 0 aliphatic heterocycles. The second-order valence-electron chi connectivity index (χ2n) is 3.23. The molecule has 2 aromatic heterocycles. The summed E-state index contributed by atoms with van der Waals surface area (Å²) in [6, 6.07) is 6.01. The molecule has 0 unspecified atom stereocenters. The summed E-state index contributed by atoms with van der Waals surface area (Å²) in [7, 11) is 0. The zero-order valence-corrected chi connectivity index (χ0v) is 9.64. The summed E-state index contributed by atoms with van der Waals surface area (Å²) in [6.07, 6.45) is 0. The van der Waals surface area contributed by atoms with E-state index in [4.69, 9.17) is 0 Å². The van der Waals surface area contributed by atoms with Crippen LogP contribution in [0.2, 0.25) is 0 Å². The zero-order valence-electron chi connectivity index (χ0n) is 8.82. The van der Waals surface area contributed by atoms with Crippen molar-refractivity contribution in [3.63, 3.8) is 0 Å². The minimum absolute atomic E-state index is 0.806. The predicted molar refractivity (Wildman–Crippen MR) is 64.2 cm³/mol. The third-order valence-electron chi connectivity index (χ3n) is 1.95. The number of rotatable bonds is 3. The lowest BCUT2D eigenvalue weighted by molar-refractivity contribution is 1.08. The molecule has 3 nitrogen and oxygen atoms in total. The quantitative estimate of drug-likeness (QED) is 0.862. The lowest BCUT2D eigenvalue weighted by Crippen LogP contribution is -2.02. The molecule has 2 rings (SSSR count). The summed E-state index contributed by atoms with van der Waals surface area (Å²) in [6.45, 7) is 4.92. The molecule has 15 heavy (non-hydrogen) atoms. The highest BCUT2D eigenvalue weighted by Crippen LogP contribution is 2.22. The highest BCUT2D eigenvalue weighted by Gasteiger charge is 2.04. The first-order valence-electron chi connectivity index (χ1n) is 4.93. The van der Waals surface area contributed by atoms with Crippen LogP contribution < -0.4 is 5.32 Å². The van der Waals surface area contributed by atoms with Crippen LogP contribution in [0.3, 0.4) is 0 Å². The van der Waals surface area contributed by atoms with Gasteiger partial charge < -0.3 is 5.32 Å². The lowest BCUT2D eigenvalue weighted by Gasteiger charge is -2.05. The second kappa shape index (κ2) is 4.40. The molecular weight excluding hydrogens is 206 g/mol. The van der Waals surface area contributed by atoms with Crippen LogP contribution >= 0.6 is 11.3 Å². The third-order valence-corrected chi connectivity index (χ3v) is 2.82. The van der Waals surface area contributed by atoms with Gasteiger partial charge in [0.2, 0.25) is 0 Å². The van der Waals surface area contributed by atoms with E-state index < -0.39 is 0 Å². The standard InChI is InChI=1S/C11H13N3S/c1-3-12-10-7-8(2)13-11(14-10)9-5-4-6-15-9/h4-7H,3H2,1-2H3,(H,12,13,14). The molecule has 0 bridgehead atoms. The largest absolute Gasteiger partial charge is 0.370 e. The molecule has 0 aliphatic rings. The van der Waals surface area contributed by atoms with Gasteiger partial charge in [0.25, 0.3) is 0 Å². The minimum atomic E-state index is 0.806. The fourth-order valence-electron chi connectivity index (χ4n) is 1.36. The molecule has 2 aromatic rings. The Morgan fingerprint density at radius 3 is 2.93 bits per heavy atom. The van der Waals surface area contributed by atoms with Crippen LogP contribution in [-0.2, 0) is 0 Å². The van der Waals surface area contributed by atoms with Gasteiger partial charge in [0.1, 0.15) is 5.82 Å². The van der Waals surface area contributed by atoms with Gasteiger partial charge in [-0.1, -0.05) is 6.07 Å². The summed E-state index contributed by atoms with van der Waals surface area (Å²) >= 11 is 1.66. The van der Waals surface area contributed by atoms with Crippen molar-refractivity contribution in [1.29, 1.82) is 0 Å². The van der Waals surface area contributed by atoms with Gasteiger partial charge in [-0.2, -0.15) is 0 Å². The monoisotopic (exact) mass is 219 g/mol. The molecule has 0 saturated carbocycles. The Kier molecular flexibility index (Phi) is 2.97. The summed E-state index contributed by atoms with van der Waals surface area (Å²) in [5, 5.41) is 5.24. The van der Waals surface area contributed by atoms with Gasteiger partial charge >= 0.3 is 0 Å². The first-order valence-corrected chi connectivity index (χ1v) is 5.81. The molecule has 78 valence electrons. The van der Waals surface area contributed by atoms with E-state index in [-0.39, 0.29) is 0 Å². The molecule has 4 heteroatoms. The summed E-state index contributed by atoms with van der Waals surface area (Å²) in [4.78, 5) is 9.98. The van der Waals surface area contributed by atoms with E-state index >= 15 is 0 Å². The molecule has 1 N–H and O–H groups in total. The van der Waals surface area contributed by atoms with Crippen LogP contribution in [0.4, 0.5) is 5.82 Å². The van der Waals surface area contributed by atoms with Crippen molar-refractivity contribution in [2.24, 2.45) is 0 Å². The van der Waals surface area contributed by atoms with Crippen molar-refractivity contribution in [3.8, 4) is 10.7 Å². The molecule has 0 saturated heterocycles. The van der Waals surface area contributed by atoms with Gasteiger partial charge in [-0.05, 0) is 25.3 Å². The van der Waals surface area contributed by atoms with E-state index in [1.165, 1.54) is 0 Å². The Hall–Kier alpha value is -1.42. The van der Waals surface area contributed by atoms with Crippen molar-refractivity contribution in [2.75, 3.05) is 11.9 Å². The van der Waals surface area contributed by atoms with E-state index in [0.717, 1.165) is 28.8 Å². The average Bonchev–Trinajstić information content (AvgIpc) is 2.70. The van der Waals surface area contributed by atoms with E-state index in [1.807, 2.05) is 30.5 Å². The molecule has 2 heterocycles. The number of aromatic nitrogens is 2. The number of nitrogens with one attached hydrogen (secondary N) is 1. The van der Waals surface area contributed by atoms with Gasteiger partial charge in [0, 0.05) is 18.3 Å². The predicted octanol–water partition coefficient (Wildman–Crippen LogP) is 2.95. The van der Waals surface area contributed by atoms with E-state index in [9.17, 15) is 0 Å². The second-order valence-corrected chi connectivity index (χ2v) is 4.17. The van der Waals surface area contributed by atoms with Crippen LogP contribution in [0.15, 0.2) is 23.6 Å². The molecule has 0 radical (unpaired) electrons. The smallest absolute Gasteiger partial charge is 0.171 e. The lowest BCUT2D eigenvalue weighted by atomic mass is 10.3. The number of hydrogen-bond acceptors (Lipinski definition) is 4. The Morgan fingerprint density at radius 2 is 2.27 bits per heavy atom. The SMILES string of the molecule is CCNc1cc(C)nc(-c2cccs2)n1. The number of aryl methyl sites for hydroxylation is 1. The van der Waals surface area contributed by atoms with Crippen molar-refractivity contribution < 1.29 is 0 Å². The Morgan fingerprint density at radius 1 is 1.40 bits per heavy atom. The van der Waals surface area contributed by atoms with Gasteiger partial charge in [0.05, 0.1) is 4.88 Å². The number of nitrogens with zero attached hydrogens (tertiary/aromatic N) is 2. The van der Waals surface area contributed by atoms with E-state index in [1.54, 1.807) is 11.3 Å². The fraction of sp³-hybridized carbons (Fsp3) is 0.273. The third kappa shape index (κ3) is 2.33. The maximum Gasteiger partial charge on any atom is 0.171 e. The number of hydrogen-bond donors (Lipinski definition) is 1. The fourth-order valence-corrected chi connectivity index (χ4v) is 2.01. The topological polar surface area (TPSA) is 37.8 Å². The van der Waals surface area contributed by atoms with Crippen molar-refractivity contribution in [1.82, 2.24) is 9.97 Å². The van der Waals surface area contributed by atoms with Crippen LogP contribution in [0.5, 0.6) is 0 Å². The van der Waals surface area contributed by atoms with Crippen molar-refractivity contribution in [3.05, 3.63) is 29.3 Å². The Bertz CT molecular complexity index is 437. The molecule has 0 amide bonds. The van der Waals surface area contributed by atoms with Crippen LogP contribution in [0.1, 0.15) is 12.6 Å². The first-order chi connectivity index (χ1) is 7.29. The van der Waals surface area contributed by atoms with Crippen LogP contribution in [0, 0.1) is 6.92 Å². The average molecular weight is 219 g/mol. The molecule has 0 spiro atoms. The molecule has 0 fully saturated rings. The van der Waals surface area contributed by atoms with Gasteiger partial charge in [-0.3, -0.25) is 0 Å². The summed E-state index contributed by atoms with van der Waals surface area (Å²) < 4.78 is 0. The molecule has 0 aromatic carbocycles. The van der Waals surface area contributed by atoms with E-state index in [2.05, 4.69) is 22.2 Å². The first kappa shape index (κ1) is 10.1. The summed E-state index contributed by atoms with van der Waals surface area (Å²) in [5.74, 6) is 1.70. The maximum absolute atomic E-state index is 4.45. The zero-order chi connectivity index (χ0) is 10.7. The molecule has 0 atom stereocenters. The van der Waals surface area contributed by atoms with Crippen molar-refractivity contribution in [2.45, 2.75) is 13.8 Å². The van der Waals surface area contributed by atoms with Crippen LogP contribution in [-0.4, -0.2) is 16.5 Å². The van der Waals surface area contributed by atoms with Crippen molar-refractivity contribution >= 4 is 17.2 Å². The Labute approximate surface area is 93.2 Å². The van der Waals surface area contributed by atoms with Crippen LogP contribution in [0.25, 0.3) is 10.7 Å². The minimum Gasteiger partial charge on any atom is -0.370 e. The number of thiophene rings is 1. The maximum atomic E-state index is 4.45. The Balaban J connectivity index is 2.40. The highest BCUT2D eigenvalue weighted by atomic mass is 32.1. The highest BCUT2D eigenvalue weighted by molar-refractivity contribution is 7.13. The van der Waals surface area contributed by atoms with Gasteiger partial charge in [-0.25, -0.2) is 9.97 Å². The van der Waals surface area contributed by atoms with Gasteiger partial charge in [-0.15, -0.1) is 11.3 Å². The normalized spacial score (nSPS) is 10.3.